The molecule has 8 heteroatoms. The maximum absolute atomic E-state index is 12.5. The Balaban J connectivity index is 2.14. The largest absolute Gasteiger partial charge is 0.462 e. The van der Waals surface area contributed by atoms with Crippen LogP contribution in [0.3, 0.4) is 0 Å². The Morgan fingerprint density at radius 3 is 2.18 bits per heavy atom. The molecule has 0 heterocycles. The summed E-state index contributed by atoms with van der Waals surface area (Å²) in [4.78, 5) is 24.3. The predicted molar refractivity (Wildman–Crippen MR) is 109 cm³/mol. The van der Waals surface area contributed by atoms with Crippen molar-refractivity contribution in [2.45, 2.75) is 20.8 Å². The molecule has 0 fully saturated rings. The second-order valence-corrected chi connectivity index (χ2v) is 8.41. The van der Waals surface area contributed by atoms with Crippen molar-refractivity contribution in [3.63, 3.8) is 0 Å². The van der Waals surface area contributed by atoms with Gasteiger partial charge in [0, 0.05) is 18.3 Å². The standard InChI is InChI=1S/C20H24N2O5S/c1-5-27-20(24)16-9-12-18(14(3)13-16)21-19(23)15-7-10-17(11-8-15)22(4)28(25,26)6-2/h7-13H,5-6H2,1-4H3,(H,21,23). The van der Waals surface area contributed by atoms with Crippen LogP contribution in [0.5, 0.6) is 0 Å². The minimum absolute atomic E-state index is 0.00713. The highest BCUT2D eigenvalue weighted by Gasteiger charge is 2.16. The number of esters is 1. The van der Waals surface area contributed by atoms with Crippen LogP contribution >= 0.6 is 0 Å². The summed E-state index contributed by atoms with van der Waals surface area (Å²) in [5.74, 6) is -0.753. The zero-order chi connectivity index (χ0) is 20.9. The first-order chi connectivity index (χ1) is 13.2. The van der Waals surface area contributed by atoms with E-state index in [-0.39, 0.29) is 11.7 Å². The third kappa shape index (κ3) is 4.89. The molecule has 2 aromatic rings. The molecule has 0 atom stereocenters. The van der Waals surface area contributed by atoms with E-state index in [1.807, 2.05) is 0 Å². The molecule has 2 rings (SSSR count). The predicted octanol–water partition coefficient (Wildman–Crippen LogP) is 3.21. The van der Waals surface area contributed by atoms with E-state index in [4.69, 9.17) is 4.74 Å². The van der Waals surface area contributed by atoms with Gasteiger partial charge < -0.3 is 10.1 Å². The van der Waals surface area contributed by atoms with Crippen LogP contribution in [0.15, 0.2) is 42.5 Å². The number of anilines is 2. The minimum Gasteiger partial charge on any atom is -0.462 e. The van der Waals surface area contributed by atoms with Crippen molar-refractivity contribution in [2.75, 3.05) is 29.0 Å². The van der Waals surface area contributed by atoms with Crippen LogP contribution in [-0.2, 0) is 14.8 Å². The summed E-state index contributed by atoms with van der Waals surface area (Å²) in [6.45, 7) is 5.39. The van der Waals surface area contributed by atoms with Crippen molar-refractivity contribution < 1.29 is 22.7 Å². The van der Waals surface area contributed by atoms with Crippen molar-refractivity contribution in [3.8, 4) is 0 Å². The lowest BCUT2D eigenvalue weighted by atomic mass is 10.1. The molecular weight excluding hydrogens is 380 g/mol. The van der Waals surface area contributed by atoms with Crippen LogP contribution in [0.1, 0.15) is 40.1 Å². The lowest BCUT2D eigenvalue weighted by Gasteiger charge is -2.18. The van der Waals surface area contributed by atoms with Gasteiger partial charge in [0.1, 0.15) is 0 Å². The van der Waals surface area contributed by atoms with Gasteiger partial charge in [0.2, 0.25) is 10.0 Å². The van der Waals surface area contributed by atoms with Crippen LogP contribution < -0.4 is 9.62 Å². The molecule has 28 heavy (non-hydrogen) atoms. The van der Waals surface area contributed by atoms with Gasteiger partial charge in [-0.05, 0) is 68.8 Å². The van der Waals surface area contributed by atoms with Crippen molar-refractivity contribution in [1.29, 1.82) is 0 Å². The molecule has 0 spiro atoms. The molecule has 1 N–H and O–H groups in total. The average Bonchev–Trinajstić information content (AvgIpc) is 2.69. The second kappa shape index (κ2) is 8.88. The fourth-order valence-electron chi connectivity index (χ4n) is 2.52. The van der Waals surface area contributed by atoms with E-state index in [9.17, 15) is 18.0 Å². The SMILES string of the molecule is CCOC(=O)c1ccc(NC(=O)c2ccc(N(C)S(=O)(=O)CC)cc2)c(C)c1. The van der Waals surface area contributed by atoms with Gasteiger partial charge in [-0.25, -0.2) is 13.2 Å². The first kappa shape index (κ1) is 21.4. The zero-order valence-electron chi connectivity index (χ0n) is 16.4. The molecule has 0 saturated carbocycles. The van der Waals surface area contributed by atoms with Crippen molar-refractivity contribution >= 4 is 33.3 Å². The number of hydrogen-bond donors (Lipinski definition) is 1. The average molecular weight is 404 g/mol. The van der Waals surface area contributed by atoms with Gasteiger partial charge in [0.25, 0.3) is 5.91 Å². The number of nitrogens with one attached hydrogen (secondary N) is 1. The third-order valence-corrected chi connectivity index (χ3v) is 6.04. The van der Waals surface area contributed by atoms with E-state index in [0.717, 1.165) is 5.56 Å². The minimum atomic E-state index is -3.36. The molecule has 0 radical (unpaired) electrons. The number of benzene rings is 2. The maximum Gasteiger partial charge on any atom is 0.338 e. The van der Waals surface area contributed by atoms with Gasteiger partial charge >= 0.3 is 5.97 Å². The second-order valence-electron chi connectivity index (χ2n) is 6.12. The summed E-state index contributed by atoms with van der Waals surface area (Å²) in [7, 11) is -1.88. The van der Waals surface area contributed by atoms with Crippen LogP contribution in [0.2, 0.25) is 0 Å². The normalized spacial score (nSPS) is 11.0. The van der Waals surface area contributed by atoms with E-state index in [1.165, 1.54) is 11.4 Å². The summed E-state index contributed by atoms with van der Waals surface area (Å²) in [5, 5.41) is 2.79. The fraction of sp³-hybridized carbons (Fsp3) is 0.300. The molecule has 1 amide bonds. The first-order valence-electron chi connectivity index (χ1n) is 8.85. The van der Waals surface area contributed by atoms with Gasteiger partial charge in [-0.2, -0.15) is 0 Å². The molecular formula is C20H24N2O5S. The van der Waals surface area contributed by atoms with Gasteiger partial charge in [-0.3, -0.25) is 9.10 Å². The molecule has 0 saturated heterocycles. The molecule has 2 aromatic carbocycles. The smallest absolute Gasteiger partial charge is 0.338 e. The number of ether oxygens (including phenoxy) is 1. The number of hydrogen-bond acceptors (Lipinski definition) is 5. The molecule has 150 valence electrons. The van der Waals surface area contributed by atoms with Gasteiger partial charge in [-0.15, -0.1) is 0 Å². The first-order valence-corrected chi connectivity index (χ1v) is 10.5. The summed E-state index contributed by atoms with van der Waals surface area (Å²) < 4.78 is 30.0. The van der Waals surface area contributed by atoms with Gasteiger partial charge in [0.15, 0.2) is 0 Å². The number of carbonyl (C=O) groups excluding carboxylic acids is 2. The quantitative estimate of drug-likeness (QED) is 0.716. The van der Waals surface area contributed by atoms with E-state index >= 15 is 0 Å². The maximum atomic E-state index is 12.5. The Labute approximate surface area is 165 Å². The monoisotopic (exact) mass is 404 g/mol. The number of nitrogens with zero attached hydrogens (tertiary/aromatic N) is 1. The third-order valence-electron chi connectivity index (χ3n) is 4.26. The molecule has 0 unspecified atom stereocenters. The van der Waals surface area contributed by atoms with E-state index < -0.39 is 16.0 Å². The summed E-state index contributed by atoms with van der Waals surface area (Å²) in [6, 6.07) is 11.2. The number of aryl methyl sites for hydroxylation is 1. The lowest BCUT2D eigenvalue weighted by molar-refractivity contribution is 0.0526. The van der Waals surface area contributed by atoms with E-state index in [0.29, 0.717) is 29.1 Å². The molecule has 7 nitrogen and oxygen atoms in total. The van der Waals surface area contributed by atoms with Gasteiger partial charge in [0.05, 0.1) is 23.6 Å². The topological polar surface area (TPSA) is 92.8 Å². The van der Waals surface area contributed by atoms with E-state index in [1.54, 1.807) is 63.2 Å². The zero-order valence-corrected chi connectivity index (χ0v) is 17.2. The van der Waals surface area contributed by atoms with Gasteiger partial charge in [-0.1, -0.05) is 0 Å². The number of carbonyl (C=O) groups is 2. The highest BCUT2D eigenvalue weighted by Crippen LogP contribution is 2.20. The van der Waals surface area contributed by atoms with Crippen LogP contribution in [-0.4, -0.2) is 39.7 Å². The fourth-order valence-corrected chi connectivity index (χ4v) is 3.35. The van der Waals surface area contributed by atoms with E-state index in [2.05, 4.69) is 5.32 Å². The molecule has 0 aliphatic rings. The van der Waals surface area contributed by atoms with Crippen LogP contribution in [0.25, 0.3) is 0 Å². The summed E-state index contributed by atoms with van der Waals surface area (Å²) >= 11 is 0. The molecule has 0 aliphatic carbocycles. The lowest BCUT2D eigenvalue weighted by Crippen LogP contribution is -2.28. The van der Waals surface area contributed by atoms with Crippen LogP contribution in [0, 0.1) is 6.92 Å². The Morgan fingerprint density at radius 2 is 1.64 bits per heavy atom. The number of rotatable bonds is 7. The summed E-state index contributed by atoms with van der Waals surface area (Å²) in [6.07, 6.45) is 0. The summed E-state index contributed by atoms with van der Waals surface area (Å²) in [5.41, 5.74) is 2.59. The molecule has 0 aromatic heterocycles. The Bertz CT molecular complexity index is 969. The Hall–Kier alpha value is -2.87. The Kier molecular flexibility index (Phi) is 6.80. The van der Waals surface area contributed by atoms with Crippen molar-refractivity contribution in [2.24, 2.45) is 0 Å². The molecule has 0 aliphatic heterocycles. The molecule has 0 bridgehead atoms. The number of sulfonamides is 1. The Morgan fingerprint density at radius 1 is 1.04 bits per heavy atom. The number of amides is 1. The van der Waals surface area contributed by atoms with Crippen molar-refractivity contribution in [3.05, 3.63) is 59.2 Å². The van der Waals surface area contributed by atoms with Crippen molar-refractivity contribution in [1.82, 2.24) is 0 Å². The highest BCUT2D eigenvalue weighted by atomic mass is 32.2. The highest BCUT2D eigenvalue weighted by molar-refractivity contribution is 7.92. The van der Waals surface area contributed by atoms with Crippen LogP contribution in [0.4, 0.5) is 11.4 Å².